The summed E-state index contributed by atoms with van der Waals surface area (Å²) < 4.78 is 5.97. The van der Waals surface area contributed by atoms with Crippen LogP contribution in [0.1, 0.15) is 48.9 Å². The monoisotopic (exact) mass is 445 g/mol. The van der Waals surface area contributed by atoms with E-state index in [9.17, 15) is 14.4 Å². The van der Waals surface area contributed by atoms with Crippen LogP contribution >= 0.6 is 0 Å². The van der Waals surface area contributed by atoms with Gasteiger partial charge < -0.3 is 10.1 Å². The predicted octanol–water partition coefficient (Wildman–Crippen LogP) is 4.22. The predicted molar refractivity (Wildman–Crippen MR) is 125 cm³/mol. The molecule has 170 valence electrons. The van der Waals surface area contributed by atoms with Gasteiger partial charge >= 0.3 is 0 Å². The van der Waals surface area contributed by atoms with Crippen molar-refractivity contribution in [3.63, 3.8) is 0 Å². The van der Waals surface area contributed by atoms with Crippen molar-refractivity contribution >= 4 is 29.1 Å². The Morgan fingerprint density at radius 3 is 2.45 bits per heavy atom. The second-order valence-electron chi connectivity index (χ2n) is 8.86. The van der Waals surface area contributed by atoms with Crippen molar-refractivity contribution in [2.45, 2.75) is 44.6 Å². The molecule has 2 N–H and O–H groups in total. The molecule has 2 atom stereocenters. The van der Waals surface area contributed by atoms with Gasteiger partial charge in [0.2, 0.25) is 11.8 Å². The first-order valence-electron chi connectivity index (χ1n) is 11.6. The van der Waals surface area contributed by atoms with Gasteiger partial charge in [-0.1, -0.05) is 18.2 Å². The number of hydrogen-bond acceptors (Lipinski definition) is 4. The van der Waals surface area contributed by atoms with Gasteiger partial charge in [-0.25, -0.2) is 5.01 Å². The van der Waals surface area contributed by atoms with Gasteiger partial charge in [0, 0.05) is 11.3 Å². The van der Waals surface area contributed by atoms with Crippen LogP contribution in [0.2, 0.25) is 0 Å². The molecule has 2 aliphatic carbocycles. The maximum absolute atomic E-state index is 13.0. The van der Waals surface area contributed by atoms with Crippen LogP contribution in [0.25, 0.3) is 0 Å². The van der Waals surface area contributed by atoms with E-state index in [2.05, 4.69) is 10.7 Å². The summed E-state index contributed by atoms with van der Waals surface area (Å²) in [7, 11) is 0. The topological polar surface area (TPSA) is 87.7 Å². The van der Waals surface area contributed by atoms with E-state index >= 15 is 0 Å². The molecule has 1 saturated carbocycles. The fourth-order valence-electron chi connectivity index (χ4n) is 4.79. The fourth-order valence-corrected chi connectivity index (χ4v) is 4.79. The van der Waals surface area contributed by atoms with Crippen molar-refractivity contribution in [1.29, 1.82) is 0 Å². The lowest BCUT2D eigenvalue weighted by atomic mass is 9.80. The molecule has 3 amide bonds. The molecule has 0 bridgehead atoms. The fraction of sp³-hybridized carbons (Fsp3) is 0.346. The molecule has 2 unspecified atom stereocenters. The zero-order chi connectivity index (χ0) is 22.8. The quantitative estimate of drug-likeness (QED) is 0.675. The first-order chi connectivity index (χ1) is 16.1. The SMILES string of the molecule is O=C(Nc1ccc(OC2CCCC2)cc1)c1cccc(N2NC(=O)C3CC=CCC3C2=O)c1. The molecule has 1 saturated heterocycles. The number of ether oxygens (including phenoxy) is 1. The van der Waals surface area contributed by atoms with Crippen molar-refractivity contribution in [3.8, 4) is 5.75 Å². The normalized spacial score (nSPS) is 22.6. The van der Waals surface area contributed by atoms with Crippen molar-refractivity contribution < 1.29 is 19.1 Å². The third-order valence-corrected chi connectivity index (χ3v) is 6.61. The molecule has 2 fully saturated rings. The molecule has 7 heteroatoms. The highest BCUT2D eigenvalue weighted by molar-refractivity contribution is 6.07. The molecule has 5 rings (SSSR count). The highest BCUT2D eigenvalue weighted by atomic mass is 16.5. The van der Waals surface area contributed by atoms with Crippen LogP contribution in [0.4, 0.5) is 11.4 Å². The van der Waals surface area contributed by atoms with Gasteiger partial charge in [0.05, 0.1) is 23.6 Å². The Kier molecular flexibility index (Phi) is 5.86. The van der Waals surface area contributed by atoms with Gasteiger partial charge in [0.25, 0.3) is 5.91 Å². The number of anilines is 2. The van der Waals surface area contributed by atoms with Gasteiger partial charge in [0.1, 0.15) is 5.75 Å². The minimum absolute atomic E-state index is 0.153. The van der Waals surface area contributed by atoms with Crippen molar-refractivity contribution in [1.82, 2.24) is 5.43 Å². The van der Waals surface area contributed by atoms with E-state index in [0.29, 0.717) is 29.8 Å². The summed E-state index contributed by atoms with van der Waals surface area (Å²) in [5.74, 6) is -0.511. The maximum Gasteiger partial charge on any atom is 0.255 e. The Morgan fingerprint density at radius 2 is 1.70 bits per heavy atom. The van der Waals surface area contributed by atoms with E-state index in [1.807, 2.05) is 36.4 Å². The summed E-state index contributed by atoms with van der Waals surface area (Å²) >= 11 is 0. The second kappa shape index (κ2) is 9.10. The minimum atomic E-state index is -0.369. The first-order valence-corrected chi connectivity index (χ1v) is 11.6. The summed E-state index contributed by atoms with van der Waals surface area (Å²) in [4.78, 5) is 38.4. The number of allylic oxidation sites excluding steroid dienone is 2. The summed E-state index contributed by atoms with van der Waals surface area (Å²) in [6.07, 6.45) is 9.90. The van der Waals surface area contributed by atoms with E-state index in [4.69, 9.17) is 4.74 Å². The van der Waals surface area contributed by atoms with Crippen LogP contribution < -0.4 is 20.5 Å². The average molecular weight is 446 g/mol. The smallest absolute Gasteiger partial charge is 0.255 e. The molecular weight excluding hydrogens is 418 g/mol. The molecule has 7 nitrogen and oxygen atoms in total. The molecule has 2 aromatic carbocycles. The lowest BCUT2D eigenvalue weighted by Gasteiger charge is -2.38. The Balaban J connectivity index is 1.27. The molecule has 2 aromatic rings. The Hall–Kier alpha value is -3.61. The third-order valence-electron chi connectivity index (χ3n) is 6.61. The average Bonchev–Trinajstić information content (AvgIpc) is 3.36. The third kappa shape index (κ3) is 4.49. The standard InChI is InChI=1S/C26H27N3O4/c30-24(27-18-12-14-21(15-13-18)33-20-8-1-2-9-20)17-6-5-7-19(16-17)29-26(32)23-11-4-3-10-22(23)25(31)28-29/h3-7,12-16,20,22-23H,1-2,8-11H2,(H,27,30)(H,28,31). The minimum Gasteiger partial charge on any atom is -0.490 e. The summed E-state index contributed by atoms with van der Waals surface area (Å²) in [5, 5.41) is 4.15. The summed E-state index contributed by atoms with van der Waals surface area (Å²) in [6.45, 7) is 0. The molecule has 3 aliphatic rings. The number of hydrogen-bond donors (Lipinski definition) is 2. The van der Waals surface area contributed by atoms with E-state index in [0.717, 1.165) is 18.6 Å². The van der Waals surface area contributed by atoms with E-state index < -0.39 is 0 Å². The van der Waals surface area contributed by atoms with Crippen molar-refractivity contribution in [2.24, 2.45) is 11.8 Å². The zero-order valence-corrected chi connectivity index (χ0v) is 18.3. The number of hydrazine groups is 1. The molecule has 1 heterocycles. The van der Waals surface area contributed by atoms with E-state index in [1.54, 1.807) is 24.3 Å². The molecule has 0 radical (unpaired) electrons. The van der Waals surface area contributed by atoms with Crippen LogP contribution in [-0.4, -0.2) is 23.8 Å². The first kappa shape index (κ1) is 21.2. The number of amides is 3. The molecule has 1 aliphatic heterocycles. The summed E-state index contributed by atoms with van der Waals surface area (Å²) in [6, 6.07) is 14.1. The van der Waals surface area contributed by atoms with Gasteiger partial charge in [-0.3, -0.25) is 19.8 Å². The second-order valence-corrected chi connectivity index (χ2v) is 8.86. The maximum atomic E-state index is 13.0. The van der Waals surface area contributed by atoms with Crippen LogP contribution in [0, 0.1) is 11.8 Å². The van der Waals surface area contributed by atoms with Crippen LogP contribution in [0.5, 0.6) is 5.75 Å². The van der Waals surface area contributed by atoms with Crippen molar-refractivity contribution in [3.05, 3.63) is 66.2 Å². The lowest BCUT2D eigenvalue weighted by Crippen LogP contribution is -2.59. The lowest BCUT2D eigenvalue weighted by molar-refractivity contribution is -0.139. The number of carbonyl (C=O) groups is 3. The largest absolute Gasteiger partial charge is 0.490 e. The number of rotatable bonds is 5. The van der Waals surface area contributed by atoms with Crippen LogP contribution in [-0.2, 0) is 9.59 Å². The van der Waals surface area contributed by atoms with Crippen molar-refractivity contribution in [2.75, 3.05) is 10.3 Å². The van der Waals surface area contributed by atoms with Crippen LogP contribution in [0.15, 0.2) is 60.7 Å². The zero-order valence-electron chi connectivity index (χ0n) is 18.3. The molecule has 0 aromatic heterocycles. The Bertz CT molecular complexity index is 1090. The van der Waals surface area contributed by atoms with Gasteiger partial charge in [-0.2, -0.15) is 0 Å². The highest BCUT2D eigenvalue weighted by Crippen LogP contribution is 2.32. The number of fused-ring (bicyclic) bond motifs is 1. The highest BCUT2D eigenvalue weighted by Gasteiger charge is 2.42. The molecule has 0 spiro atoms. The number of nitrogens with one attached hydrogen (secondary N) is 2. The van der Waals surface area contributed by atoms with E-state index in [-0.39, 0.29) is 35.7 Å². The molecular formula is C26H27N3O4. The number of carbonyl (C=O) groups excluding carboxylic acids is 3. The van der Waals surface area contributed by atoms with E-state index in [1.165, 1.54) is 17.9 Å². The Labute approximate surface area is 192 Å². The number of nitrogens with zero attached hydrogens (tertiary/aromatic N) is 1. The van der Waals surface area contributed by atoms with Gasteiger partial charge in [-0.05, 0) is 81.0 Å². The molecule has 33 heavy (non-hydrogen) atoms. The van der Waals surface area contributed by atoms with Gasteiger partial charge in [0.15, 0.2) is 0 Å². The number of benzene rings is 2. The van der Waals surface area contributed by atoms with Crippen LogP contribution in [0.3, 0.4) is 0 Å². The summed E-state index contributed by atoms with van der Waals surface area (Å²) in [5.41, 5.74) is 4.22. The Morgan fingerprint density at radius 1 is 0.970 bits per heavy atom. The van der Waals surface area contributed by atoms with Gasteiger partial charge in [-0.15, -0.1) is 0 Å².